The molecule has 0 aromatic heterocycles. The Morgan fingerprint density at radius 1 is 1.07 bits per heavy atom. The first-order valence-corrected chi connectivity index (χ1v) is 9.50. The summed E-state index contributed by atoms with van der Waals surface area (Å²) in [4.78, 5) is 13.3. The summed E-state index contributed by atoms with van der Waals surface area (Å²) < 4.78 is 58.8. The summed E-state index contributed by atoms with van der Waals surface area (Å²) in [5.74, 6) is -3.29. The molecule has 1 fully saturated rings. The molecule has 0 spiro atoms. The van der Waals surface area contributed by atoms with E-state index in [0.29, 0.717) is 44.1 Å². The van der Waals surface area contributed by atoms with Crippen LogP contribution >= 0.6 is 0 Å². The number of nitrogens with zero attached hydrogens (tertiary/aromatic N) is 1. The molecule has 7 nitrogen and oxygen atoms in total. The normalized spacial score (nSPS) is 14.8. The van der Waals surface area contributed by atoms with Crippen molar-refractivity contribution < 1.29 is 26.7 Å². The van der Waals surface area contributed by atoms with Crippen LogP contribution in [0.25, 0.3) is 0 Å². The highest BCUT2D eigenvalue weighted by Crippen LogP contribution is 2.26. The van der Waals surface area contributed by atoms with Gasteiger partial charge in [0.2, 0.25) is 0 Å². The van der Waals surface area contributed by atoms with Gasteiger partial charge in [-0.2, -0.15) is 0 Å². The third-order valence-corrected chi connectivity index (χ3v) is 5.45. The third-order valence-electron chi connectivity index (χ3n) is 4.09. The van der Waals surface area contributed by atoms with E-state index in [2.05, 4.69) is 4.72 Å². The number of carbonyl (C=O) groups is 1. The fourth-order valence-electron chi connectivity index (χ4n) is 2.69. The van der Waals surface area contributed by atoms with E-state index in [9.17, 15) is 22.0 Å². The van der Waals surface area contributed by atoms with Crippen molar-refractivity contribution >= 4 is 27.3 Å². The molecule has 10 heteroatoms. The highest BCUT2D eigenvalue weighted by Gasteiger charge is 2.21. The van der Waals surface area contributed by atoms with Crippen LogP contribution < -0.4 is 15.4 Å². The predicted octanol–water partition coefficient (Wildman–Crippen LogP) is 1.70. The first-order valence-electron chi connectivity index (χ1n) is 8.02. The second-order valence-electron chi connectivity index (χ2n) is 5.87. The van der Waals surface area contributed by atoms with E-state index in [0.717, 1.165) is 6.07 Å². The maximum atomic E-state index is 13.4. The molecule has 3 N–H and O–H groups in total. The molecule has 0 atom stereocenters. The van der Waals surface area contributed by atoms with Gasteiger partial charge in [0.05, 0.1) is 29.4 Å². The Morgan fingerprint density at radius 3 is 2.41 bits per heavy atom. The van der Waals surface area contributed by atoms with E-state index in [-0.39, 0.29) is 11.3 Å². The van der Waals surface area contributed by atoms with Gasteiger partial charge in [-0.3, -0.25) is 9.52 Å². The van der Waals surface area contributed by atoms with Gasteiger partial charge < -0.3 is 15.4 Å². The Morgan fingerprint density at radius 2 is 1.78 bits per heavy atom. The number of amides is 1. The highest BCUT2D eigenvalue weighted by molar-refractivity contribution is 7.92. The minimum absolute atomic E-state index is 0.0369. The Balaban J connectivity index is 1.93. The molecular weight excluding hydrogens is 380 g/mol. The number of nitrogens with two attached hydrogens (primary N) is 1. The van der Waals surface area contributed by atoms with Gasteiger partial charge in [-0.25, -0.2) is 17.2 Å². The van der Waals surface area contributed by atoms with Crippen molar-refractivity contribution in [3.05, 3.63) is 53.6 Å². The number of morpholine rings is 1. The summed E-state index contributed by atoms with van der Waals surface area (Å²) in [5.41, 5.74) is 6.00. The summed E-state index contributed by atoms with van der Waals surface area (Å²) in [6, 6.07) is 6.72. The minimum atomic E-state index is -4.24. The molecule has 0 radical (unpaired) electrons. The number of nitrogens with one attached hydrogen (secondary N) is 1. The Hall–Kier alpha value is -2.72. The number of primary amides is 1. The van der Waals surface area contributed by atoms with Crippen LogP contribution in [-0.4, -0.2) is 40.6 Å². The summed E-state index contributed by atoms with van der Waals surface area (Å²) in [7, 11) is -4.24. The third kappa shape index (κ3) is 4.17. The number of sulfonamides is 1. The van der Waals surface area contributed by atoms with Crippen LogP contribution in [0, 0.1) is 11.6 Å². The van der Waals surface area contributed by atoms with Crippen LogP contribution in [0.3, 0.4) is 0 Å². The largest absolute Gasteiger partial charge is 0.378 e. The van der Waals surface area contributed by atoms with Crippen LogP contribution in [0.4, 0.5) is 20.2 Å². The number of halogens is 2. The van der Waals surface area contributed by atoms with Crippen molar-refractivity contribution in [2.45, 2.75) is 4.90 Å². The van der Waals surface area contributed by atoms with Crippen LogP contribution in [-0.2, 0) is 14.8 Å². The van der Waals surface area contributed by atoms with Crippen LogP contribution in [0.1, 0.15) is 10.4 Å². The van der Waals surface area contributed by atoms with Crippen molar-refractivity contribution in [1.29, 1.82) is 0 Å². The number of rotatable bonds is 5. The van der Waals surface area contributed by atoms with Gasteiger partial charge in [-0.1, -0.05) is 0 Å². The maximum Gasteiger partial charge on any atom is 0.262 e. The Bertz CT molecular complexity index is 976. The summed E-state index contributed by atoms with van der Waals surface area (Å²) in [6.45, 7) is 2.32. The molecule has 1 amide bonds. The van der Waals surface area contributed by atoms with Crippen molar-refractivity contribution in [3.8, 4) is 0 Å². The van der Waals surface area contributed by atoms with Gasteiger partial charge in [-0.05, 0) is 36.4 Å². The lowest BCUT2D eigenvalue weighted by Crippen LogP contribution is -2.36. The molecule has 0 saturated carbocycles. The Kier molecular flexibility index (Phi) is 5.29. The standard InChI is InChI=1S/C17H17F2N3O4S/c18-14-3-2-12(10-15(14)19)27(24,25)21-16-4-1-11(9-13(16)17(20)23)22-5-7-26-8-6-22/h1-4,9-10,21H,5-8H2,(H2,20,23). The molecule has 0 unspecified atom stereocenters. The van der Waals surface area contributed by atoms with Gasteiger partial charge in [0.25, 0.3) is 15.9 Å². The SMILES string of the molecule is NC(=O)c1cc(N2CCOCC2)ccc1NS(=O)(=O)c1ccc(F)c(F)c1. The summed E-state index contributed by atoms with van der Waals surface area (Å²) in [6.07, 6.45) is 0. The molecule has 2 aromatic carbocycles. The van der Waals surface area contributed by atoms with Gasteiger partial charge in [0.1, 0.15) is 0 Å². The maximum absolute atomic E-state index is 13.4. The molecule has 1 saturated heterocycles. The molecular formula is C17H17F2N3O4S. The van der Waals surface area contributed by atoms with Crippen molar-refractivity contribution in [1.82, 2.24) is 0 Å². The van der Waals surface area contributed by atoms with Gasteiger partial charge in [0.15, 0.2) is 11.6 Å². The number of hydrogen-bond acceptors (Lipinski definition) is 5. The van der Waals surface area contributed by atoms with Crippen molar-refractivity contribution in [2.75, 3.05) is 35.9 Å². The van der Waals surface area contributed by atoms with Crippen molar-refractivity contribution in [2.24, 2.45) is 5.73 Å². The number of hydrogen-bond donors (Lipinski definition) is 2. The molecule has 1 aliphatic heterocycles. The lowest BCUT2D eigenvalue weighted by atomic mass is 10.1. The van der Waals surface area contributed by atoms with Gasteiger partial charge in [0, 0.05) is 18.8 Å². The van der Waals surface area contributed by atoms with Crippen LogP contribution in [0.15, 0.2) is 41.3 Å². The zero-order valence-electron chi connectivity index (χ0n) is 14.1. The van der Waals surface area contributed by atoms with Crippen molar-refractivity contribution in [3.63, 3.8) is 0 Å². The van der Waals surface area contributed by atoms with Crippen LogP contribution in [0.5, 0.6) is 0 Å². The number of benzene rings is 2. The molecule has 0 bridgehead atoms. The van der Waals surface area contributed by atoms with E-state index in [4.69, 9.17) is 10.5 Å². The second-order valence-corrected chi connectivity index (χ2v) is 7.56. The molecule has 0 aliphatic carbocycles. The fraction of sp³-hybridized carbons (Fsp3) is 0.235. The quantitative estimate of drug-likeness (QED) is 0.800. The average molecular weight is 397 g/mol. The van der Waals surface area contributed by atoms with E-state index in [1.165, 1.54) is 12.1 Å². The number of anilines is 2. The van der Waals surface area contributed by atoms with E-state index in [1.54, 1.807) is 6.07 Å². The van der Waals surface area contributed by atoms with Crippen LogP contribution in [0.2, 0.25) is 0 Å². The number of carbonyl (C=O) groups excluding carboxylic acids is 1. The summed E-state index contributed by atoms with van der Waals surface area (Å²) >= 11 is 0. The first-order chi connectivity index (χ1) is 12.8. The fourth-order valence-corrected chi connectivity index (χ4v) is 3.78. The molecule has 3 rings (SSSR count). The smallest absolute Gasteiger partial charge is 0.262 e. The predicted molar refractivity (Wildman–Crippen MR) is 95.2 cm³/mol. The lowest BCUT2D eigenvalue weighted by molar-refractivity contribution is 0.100. The zero-order valence-corrected chi connectivity index (χ0v) is 14.9. The Labute approximate surface area is 154 Å². The summed E-state index contributed by atoms with van der Waals surface area (Å²) in [5, 5.41) is 0. The van der Waals surface area contributed by atoms with E-state index < -0.39 is 32.5 Å². The average Bonchev–Trinajstić information content (AvgIpc) is 2.64. The molecule has 27 heavy (non-hydrogen) atoms. The van der Waals surface area contributed by atoms with Gasteiger partial charge in [-0.15, -0.1) is 0 Å². The molecule has 2 aromatic rings. The molecule has 1 aliphatic rings. The van der Waals surface area contributed by atoms with E-state index in [1.807, 2.05) is 4.90 Å². The molecule has 1 heterocycles. The lowest BCUT2D eigenvalue weighted by Gasteiger charge is -2.29. The first kappa shape index (κ1) is 19.1. The topological polar surface area (TPSA) is 102 Å². The molecule has 144 valence electrons. The monoisotopic (exact) mass is 397 g/mol. The van der Waals surface area contributed by atoms with E-state index >= 15 is 0 Å². The second kappa shape index (κ2) is 7.49. The zero-order chi connectivity index (χ0) is 19.6. The highest BCUT2D eigenvalue weighted by atomic mass is 32.2. The van der Waals surface area contributed by atoms with Gasteiger partial charge >= 0.3 is 0 Å². The minimum Gasteiger partial charge on any atom is -0.378 e. The number of ether oxygens (including phenoxy) is 1.